The Labute approximate surface area is 97.8 Å². The lowest BCUT2D eigenvalue weighted by Crippen LogP contribution is -2.12. The maximum absolute atomic E-state index is 11.6. The molecule has 0 radical (unpaired) electrons. The summed E-state index contributed by atoms with van der Waals surface area (Å²) in [6.45, 7) is 0. The van der Waals surface area contributed by atoms with Crippen LogP contribution in [-0.4, -0.2) is 20.5 Å². The number of carbonyl (C=O) groups excluding carboxylic acids is 1. The number of anilines is 1. The van der Waals surface area contributed by atoms with Crippen LogP contribution in [0.25, 0.3) is 0 Å². The molecular formula is C8H5BrN4OS. The highest BCUT2D eigenvalue weighted by atomic mass is 79.9. The Bertz CT molecular complexity index is 473. The molecule has 0 saturated heterocycles. The van der Waals surface area contributed by atoms with Gasteiger partial charge in [-0.05, 0) is 28.1 Å². The number of halogens is 1. The molecule has 15 heavy (non-hydrogen) atoms. The van der Waals surface area contributed by atoms with Crippen molar-refractivity contribution in [3.63, 3.8) is 0 Å². The van der Waals surface area contributed by atoms with Crippen molar-refractivity contribution in [2.45, 2.75) is 0 Å². The fraction of sp³-hybridized carbons (Fsp3) is 0. The summed E-state index contributed by atoms with van der Waals surface area (Å²) < 4.78 is 4.26. The third-order valence-electron chi connectivity index (χ3n) is 1.55. The quantitative estimate of drug-likeness (QED) is 0.856. The lowest BCUT2D eigenvalue weighted by molar-refractivity contribution is 0.102. The van der Waals surface area contributed by atoms with Gasteiger partial charge in [0.05, 0.1) is 6.20 Å². The molecule has 0 aromatic carbocycles. The Kier molecular flexibility index (Phi) is 3.02. The van der Waals surface area contributed by atoms with Gasteiger partial charge in [-0.3, -0.25) is 4.79 Å². The average Bonchev–Trinajstić information content (AvgIpc) is 2.70. The Morgan fingerprint density at radius 1 is 1.47 bits per heavy atom. The van der Waals surface area contributed by atoms with Crippen LogP contribution in [0.3, 0.4) is 0 Å². The summed E-state index contributed by atoms with van der Waals surface area (Å²) in [4.78, 5) is 15.6. The van der Waals surface area contributed by atoms with Gasteiger partial charge in [-0.2, -0.15) is 0 Å². The van der Waals surface area contributed by atoms with Crippen LogP contribution in [0.2, 0.25) is 0 Å². The van der Waals surface area contributed by atoms with Crippen molar-refractivity contribution in [3.05, 3.63) is 34.7 Å². The Hall–Kier alpha value is -1.34. The number of aromatic nitrogens is 3. The average molecular weight is 285 g/mol. The zero-order valence-corrected chi connectivity index (χ0v) is 9.75. The normalized spacial score (nSPS) is 9.93. The molecule has 0 aliphatic rings. The highest BCUT2D eigenvalue weighted by Gasteiger charge is 2.08. The second-order valence-electron chi connectivity index (χ2n) is 2.58. The maximum atomic E-state index is 11.6. The molecule has 0 unspecified atom stereocenters. The number of nitrogens with one attached hydrogen (secondary N) is 1. The maximum Gasteiger partial charge on any atom is 0.274 e. The molecule has 0 saturated carbocycles. The molecule has 2 aromatic heterocycles. The topological polar surface area (TPSA) is 67.8 Å². The number of amides is 1. The van der Waals surface area contributed by atoms with Crippen LogP contribution in [-0.2, 0) is 0 Å². The summed E-state index contributed by atoms with van der Waals surface area (Å²) in [5, 5.41) is 6.85. The number of hydrogen-bond acceptors (Lipinski definition) is 5. The summed E-state index contributed by atoms with van der Waals surface area (Å²) >= 11 is 4.31. The van der Waals surface area contributed by atoms with Gasteiger partial charge in [-0.1, -0.05) is 10.6 Å². The van der Waals surface area contributed by atoms with E-state index in [9.17, 15) is 4.79 Å². The van der Waals surface area contributed by atoms with Gasteiger partial charge in [-0.15, -0.1) is 5.10 Å². The molecule has 0 fully saturated rings. The summed E-state index contributed by atoms with van der Waals surface area (Å²) in [7, 11) is 0. The SMILES string of the molecule is O=C(Nc1cnns1)c1cccc(Br)n1. The van der Waals surface area contributed by atoms with Crippen LogP contribution in [0.4, 0.5) is 5.00 Å². The highest BCUT2D eigenvalue weighted by molar-refractivity contribution is 9.10. The minimum absolute atomic E-state index is 0.276. The molecule has 0 spiro atoms. The fourth-order valence-electron chi connectivity index (χ4n) is 0.933. The van der Waals surface area contributed by atoms with Gasteiger partial charge in [0.2, 0.25) is 0 Å². The fourth-order valence-corrected chi connectivity index (χ4v) is 1.69. The van der Waals surface area contributed by atoms with E-state index in [1.165, 1.54) is 6.20 Å². The first-order valence-corrected chi connectivity index (χ1v) is 5.53. The lowest BCUT2D eigenvalue weighted by atomic mass is 10.3. The van der Waals surface area contributed by atoms with E-state index < -0.39 is 0 Å². The van der Waals surface area contributed by atoms with Crippen molar-refractivity contribution < 1.29 is 4.79 Å². The molecular weight excluding hydrogens is 280 g/mol. The zero-order valence-electron chi connectivity index (χ0n) is 7.35. The first kappa shape index (κ1) is 10.2. The van der Waals surface area contributed by atoms with Gasteiger partial charge in [-0.25, -0.2) is 4.98 Å². The van der Waals surface area contributed by atoms with Crippen molar-refractivity contribution in [3.8, 4) is 0 Å². The van der Waals surface area contributed by atoms with E-state index in [0.717, 1.165) is 11.5 Å². The molecule has 2 aromatic rings. The summed E-state index contributed by atoms with van der Waals surface area (Å²) in [5.74, 6) is -0.276. The van der Waals surface area contributed by atoms with E-state index in [1.807, 2.05) is 0 Å². The van der Waals surface area contributed by atoms with Gasteiger partial charge >= 0.3 is 0 Å². The van der Waals surface area contributed by atoms with Crippen molar-refractivity contribution in [1.29, 1.82) is 0 Å². The van der Waals surface area contributed by atoms with Gasteiger partial charge < -0.3 is 5.32 Å². The molecule has 2 rings (SSSR count). The van der Waals surface area contributed by atoms with E-state index in [-0.39, 0.29) is 5.91 Å². The summed E-state index contributed by atoms with van der Waals surface area (Å²) in [6.07, 6.45) is 1.49. The van der Waals surface area contributed by atoms with Gasteiger partial charge in [0.15, 0.2) is 0 Å². The molecule has 1 amide bonds. The van der Waals surface area contributed by atoms with E-state index in [1.54, 1.807) is 18.2 Å². The standard InChI is InChI=1S/C8H5BrN4OS/c9-6-3-1-2-5(11-6)8(14)12-7-4-10-13-15-7/h1-4H,(H,12,14). The van der Waals surface area contributed by atoms with Crippen LogP contribution >= 0.6 is 27.5 Å². The lowest BCUT2D eigenvalue weighted by Gasteiger charge is -2.00. The number of rotatable bonds is 2. The molecule has 1 N–H and O–H groups in total. The molecule has 2 heterocycles. The van der Waals surface area contributed by atoms with Crippen LogP contribution in [0.5, 0.6) is 0 Å². The second-order valence-corrected chi connectivity index (χ2v) is 4.18. The van der Waals surface area contributed by atoms with Crippen LogP contribution < -0.4 is 5.32 Å². The number of hydrogen-bond donors (Lipinski definition) is 1. The first-order valence-electron chi connectivity index (χ1n) is 3.97. The van der Waals surface area contributed by atoms with Crippen molar-refractivity contribution in [2.24, 2.45) is 0 Å². The third kappa shape index (κ3) is 2.57. The second kappa shape index (κ2) is 4.45. The van der Waals surface area contributed by atoms with Crippen molar-refractivity contribution in [2.75, 3.05) is 5.32 Å². The monoisotopic (exact) mass is 284 g/mol. The van der Waals surface area contributed by atoms with E-state index in [0.29, 0.717) is 15.3 Å². The van der Waals surface area contributed by atoms with Crippen molar-refractivity contribution >= 4 is 38.4 Å². The van der Waals surface area contributed by atoms with Gasteiger partial charge in [0, 0.05) is 11.5 Å². The zero-order chi connectivity index (χ0) is 10.7. The first-order chi connectivity index (χ1) is 7.25. The van der Waals surface area contributed by atoms with E-state index in [2.05, 4.69) is 35.8 Å². The van der Waals surface area contributed by atoms with Crippen LogP contribution in [0.15, 0.2) is 29.0 Å². The smallest absolute Gasteiger partial charge is 0.274 e. The molecule has 0 atom stereocenters. The Morgan fingerprint density at radius 2 is 2.33 bits per heavy atom. The molecule has 0 aliphatic heterocycles. The predicted molar refractivity (Wildman–Crippen MR) is 59.8 cm³/mol. The largest absolute Gasteiger partial charge is 0.310 e. The van der Waals surface area contributed by atoms with E-state index >= 15 is 0 Å². The molecule has 0 bridgehead atoms. The van der Waals surface area contributed by atoms with Gasteiger partial charge in [0.1, 0.15) is 15.3 Å². The van der Waals surface area contributed by atoms with Gasteiger partial charge in [0.25, 0.3) is 5.91 Å². The molecule has 5 nitrogen and oxygen atoms in total. The van der Waals surface area contributed by atoms with Crippen molar-refractivity contribution in [1.82, 2.24) is 14.6 Å². The predicted octanol–water partition coefficient (Wildman–Crippen LogP) is 1.95. The number of pyridine rings is 1. The number of nitrogens with zero attached hydrogens (tertiary/aromatic N) is 3. The Morgan fingerprint density at radius 3 is 3.00 bits per heavy atom. The summed E-state index contributed by atoms with van der Waals surface area (Å²) in [6, 6.07) is 5.14. The van der Waals surface area contributed by atoms with Crippen LogP contribution in [0.1, 0.15) is 10.5 Å². The number of carbonyl (C=O) groups is 1. The van der Waals surface area contributed by atoms with Crippen LogP contribution in [0, 0.1) is 0 Å². The Balaban J connectivity index is 2.15. The molecule has 76 valence electrons. The van der Waals surface area contributed by atoms with E-state index in [4.69, 9.17) is 0 Å². The molecule has 7 heteroatoms. The highest BCUT2D eigenvalue weighted by Crippen LogP contribution is 2.12. The summed E-state index contributed by atoms with van der Waals surface area (Å²) in [5.41, 5.74) is 0.345. The minimum Gasteiger partial charge on any atom is -0.310 e. The molecule has 0 aliphatic carbocycles. The minimum atomic E-state index is -0.276. The third-order valence-corrected chi connectivity index (χ3v) is 2.57.